The maximum atomic E-state index is 12.8. The number of carbonyl (C=O) groups is 1. The van der Waals surface area contributed by atoms with Crippen LogP contribution in [-0.2, 0) is 9.47 Å². The number of halogens is 1. The first-order chi connectivity index (χ1) is 14.5. The molecule has 30 heavy (non-hydrogen) atoms. The van der Waals surface area contributed by atoms with Crippen LogP contribution in [0.25, 0.3) is 16.0 Å². The van der Waals surface area contributed by atoms with Crippen molar-refractivity contribution < 1.29 is 14.3 Å². The standard InChI is InChI=1S/C21H24ClN5O3/c1-4-30-21(28)18-19(17(25-26-23)14-5-7-16(22)8-6-14)27(13(2)3)20(24-18)15-9-11-29-12-10-15/h5-9,13,17H,4,10-12H2,1-3H3. The average Bonchev–Trinajstić information content (AvgIpc) is 3.14. The number of benzene rings is 1. The summed E-state index contributed by atoms with van der Waals surface area (Å²) in [5.41, 5.74) is 11.6. The minimum atomic E-state index is -0.768. The van der Waals surface area contributed by atoms with E-state index in [2.05, 4.69) is 15.0 Å². The Hall–Kier alpha value is -2.80. The molecule has 1 atom stereocenters. The van der Waals surface area contributed by atoms with Crippen molar-refractivity contribution in [3.63, 3.8) is 0 Å². The summed E-state index contributed by atoms with van der Waals surface area (Å²) in [5, 5.41) is 4.59. The number of ether oxygens (including phenoxy) is 2. The minimum Gasteiger partial charge on any atom is -0.461 e. The molecule has 0 aliphatic carbocycles. The number of rotatable bonds is 7. The van der Waals surface area contributed by atoms with Crippen LogP contribution < -0.4 is 0 Å². The van der Waals surface area contributed by atoms with Crippen molar-refractivity contribution in [2.75, 3.05) is 19.8 Å². The summed E-state index contributed by atoms with van der Waals surface area (Å²) in [7, 11) is 0. The third-order valence-corrected chi connectivity index (χ3v) is 5.05. The van der Waals surface area contributed by atoms with Crippen LogP contribution in [0.2, 0.25) is 5.02 Å². The van der Waals surface area contributed by atoms with Crippen molar-refractivity contribution in [2.24, 2.45) is 5.11 Å². The van der Waals surface area contributed by atoms with E-state index in [9.17, 15) is 10.3 Å². The molecule has 0 saturated heterocycles. The van der Waals surface area contributed by atoms with Crippen molar-refractivity contribution in [1.82, 2.24) is 9.55 Å². The highest BCUT2D eigenvalue weighted by molar-refractivity contribution is 6.30. The first-order valence-electron chi connectivity index (χ1n) is 9.84. The zero-order valence-electron chi connectivity index (χ0n) is 17.2. The second kappa shape index (κ2) is 9.80. The Morgan fingerprint density at radius 2 is 2.13 bits per heavy atom. The molecule has 1 unspecified atom stereocenters. The molecular formula is C21H24ClN5O3. The summed E-state index contributed by atoms with van der Waals surface area (Å²) in [5.74, 6) is 0.117. The quantitative estimate of drug-likeness (QED) is 0.251. The molecule has 9 heteroatoms. The zero-order valence-corrected chi connectivity index (χ0v) is 18.0. The Morgan fingerprint density at radius 3 is 2.70 bits per heavy atom. The van der Waals surface area contributed by atoms with E-state index >= 15 is 0 Å². The summed E-state index contributed by atoms with van der Waals surface area (Å²) in [6.07, 6.45) is 2.65. The molecule has 2 heterocycles. The van der Waals surface area contributed by atoms with Crippen LogP contribution in [0, 0.1) is 0 Å². The fourth-order valence-corrected chi connectivity index (χ4v) is 3.64. The lowest BCUT2D eigenvalue weighted by molar-refractivity contribution is 0.0518. The van der Waals surface area contributed by atoms with Crippen LogP contribution in [0.4, 0.5) is 0 Å². The number of azide groups is 1. The molecule has 0 radical (unpaired) electrons. The van der Waals surface area contributed by atoms with Gasteiger partial charge in [0.1, 0.15) is 11.9 Å². The van der Waals surface area contributed by atoms with Crippen LogP contribution in [0.1, 0.15) is 66.8 Å². The highest BCUT2D eigenvalue weighted by Gasteiger charge is 2.32. The first-order valence-corrected chi connectivity index (χ1v) is 10.2. The molecule has 1 aromatic heterocycles. The summed E-state index contributed by atoms with van der Waals surface area (Å²) in [6, 6.07) is 6.19. The van der Waals surface area contributed by atoms with Crippen molar-refractivity contribution in [3.8, 4) is 0 Å². The predicted octanol–water partition coefficient (Wildman–Crippen LogP) is 5.50. The number of nitrogens with zero attached hydrogens (tertiary/aromatic N) is 5. The van der Waals surface area contributed by atoms with Crippen LogP contribution in [-0.4, -0.2) is 35.3 Å². The topological polar surface area (TPSA) is 102 Å². The lowest BCUT2D eigenvalue weighted by Gasteiger charge is -2.22. The van der Waals surface area contributed by atoms with E-state index in [1.54, 1.807) is 31.2 Å². The first kappa shape index (κ1) is 21.9. The number of hydrogen-bond donors (Lipinski definition) is 0. The highest BCUT2D eigenvalue weighted by atomic mass is 35.5. The molecule has 0 fully saturated rings. The van der Waals surface area contributed by atoms with E-state index in [-0.39, 0.29) is 18.3 Å². The van der Waals surface area contributed by atoms with Gasteiger partial charge in [0.2, 0.25) is 0 Å². The molecule has 8 nitrogen and oxygen atoms in total. The van der Waals surface area contributed by atoms with E-state index in [0.717, 1.165) is 5.57 Å². The van der Waals surface area contributed by atoms with Crippen molar-refractivity contribution in [1.29, 1.82) is 0 Å². The van der Waals surface area contributed by atoms with E-state index in [0.29, 0.717) is 41.7 Å². The van der Waals surface area contributed by atoms with Crippen molar-refractivity contribution in [3.05, 3.63) is 68.6 Å². The highest BCUT2D eigenvalue weighted by Crippen LogP contribution is 2.36. The van der Waals surface area contributed by atoms with E-state index in [4.69, 9.17) is 21.1 Å². The van der Waals surface area contributed by atoms with Gasteiger partial charge in [0.15, 0.2) is 5.69 Å². The maximum absolute atomic E-state index is 12.8. The minimum absolute atomic E-state index is 0.0434. The lowest BCUT2D eigenvalue weighted by Crippen LogP contribution is -2.17. The van der Waals surface area contributed by atoms with Crippen molar-refractivity contribution in [2.45, 2.75) is 39.3 Å². The molecule has 0 amide bonds. The molecule has 1 aliphatic heterocycles. The van der Waals surface area contributed by atoms with Gasteiger partial charge in [-0.3, -0.25) is 0 Å². The van der Waals surface area contributed by atoms with Gasteiger partial charge in [-0.05, 0) is 56.0 Å². The lowest BCUT2D eigenvalue weighted by atomic mass is 10.0. The van der Waals surface area contributed by atoms with Gasteiger partial charge in [0.05, 0.1) is 25.5 Å². The Kier molecular flexibility index (Phi) is 7.15. The van der Waals surface area contributed by atoms with Gasteiger partial charge in [-0.2, -0.15) is 0 Å². The van der Waals surface area contributed by atoms with Gasteiger partial charge in [-0.25, -0.2) is 9.78 Å². The molecule has 0 spiro atoms. The SMILES string of the molecule is CCOC(=O)c1nc(C2=CCOCC2)n(C(C)C)c1C(N=[N+]=[N-])c1ccc(Cl)cc1. The number of esters is 1. The Balaban J connectivity index is 2.29. The van der Waals surface area contributed by atoms with E-state index < -0.39 is 12.0 Å². The van der Waals surface area contributed by atoms with Gasteiger partial charge < -0.3 is 14.0 Å². The smallest absolute Gasteiger partial charge is 0.358 e. The molecule has 158 valence electrons. The normalized spacial score (nSPS) is 14.8. The summed E-state index contributed by atoms with van der Waals surface area (Å²) < 4.78 is 12.7. The van der Waals surface area contributed by atoms with Gasteiger partial charge in [0, 0.05) is 16.0 Å². The Labute approximate surface area is 180 Å². The van der Waals surface area contributed by atoms with Gasteiger partial charge >= 0.3 is 5.97 Å². The monoisotopic (exact) mass is 429 g/mol. The van der Waals surface area contributed by atoms with Crippen molar-refractivity contribution >= 4 is 23.1 Å². The summed E-state index contributed by atoms with van der Waals surface area (Å²) in [4.78, 5) is 20.6. The number of aromatic nitrogens is 2. The molecule has 1 aliphatic rings. The third kappa shape index (κ3) is 4.51. The zero-order chi connectivity index (χ0) is 21.7. The maximum Gasteiger partial charge on any atom is 0.358 e. The Morgan fingerprint density at radius 1 is 1.40 bits per heavy atom. The molecule has 2 aromatic rings. The van der Waals surface area contributed by atoms with Gasteiger partial charge in [-0.15, -0.1) is 0 Å². The number of hydrogen-bond acceptors (Lipinski definition) is 5. The van der Waals surface area contributed by atoms with Crippen LogP contribution >= 0.6 is 11.6 Å². The molecule has 1 aromatic carbocycles. The average molecular weight is 430 g/mol. The predicted molar refractivity (Wildman–Crippen MR) is 114 cm³/mol. The molecule has 0 N–H and O–H groups in total. The second-order valence-electron chi connectivity index (χ2n) is 7.07. The largest absolute Gasteiger partial charge is 0.461 e. The molecule has 0 saturated carbocycles. The molecule has 0 bridgehead atoms. The van der Waals surface area contributed by atoms with Crippen LogP contribution in [0.3, 0.4) is 0 Å². The molecular weight excluding hydrogens is 406 g/mol. The van der Waals surface area contributed by atoms with E-state index in [1.165, 1.54) is 0 Å². The molecule has 3 rings (SSSR count). The summed E-state index contributed by atoms with van der Waals surface area (Å²) in [6.45, 7) is 7.02. The number of imidazole rings is 1. The van der Waals surface area contributed by atoms with Crippen LogP contribution in [0.15, 0.2) is 35.5 Å². The number of carbonyl (C=O) groups excluding carboxylic acids is 1. The fraction of sp³-hybridized carbons (Fsp3) is 0.429. The van der Waals surface area contributed by atoms with Gasteiger partial charge in [0.25, 0.3) is 0 Å². The summed E-state index contributed by atoms with van der Waals surface area (Å²) >= 11 is 6.04. The second-order valence-corrected chi connectivity index (χ2v) is 7.50. The Bertz CT molecular complexity index is 991. The third-order valence-electron chi connectivity index (χ3n) is 4.80. The van der Waals surface area contributed by atoms with Crippen LogP contribution in [0.5, 0.6) is 0 Å². The van der Waals surface area contributed by atoms with E-state index in [1.807, 2.05) is 24.5 Å². The fourth-order valence-electron chi connectivity index (χ4n) is 3.51. The van der Waals surface area contributed by atoms with Gasteiger partial charge in [-0.1, -0.05) is 34.9 Å².